The maximum Gasteiger partial charge on any atom is 0.223 e. The van der Waals surface area contributed by atoms with Crippen molar-refractivity contribution < 1.29 is 9.53 Å². The first-order valence-corrected chi connectivity index (χ1v) is 8.38. The van der Waals surface area contributed by atoms with Crippen LogP contribution < -0.4 is 10.6 Å². The molecule has 0 bridgehead atoms. The van der Waals surface area contributed by atoms with Gasteiger partial charge in [0.05, 0.1) is 13.2 Å². The zero-order chi connectivity index (χ0) is 15.2. The molecule has 0 radical (unpaired) electrons. The molecule has 2 saturated heterocycles. The Bertz CT molecular complexity index is 325. The summed E-state index contributed by atoms with van der Waals surface area (Å²) in [7, 11) is 0. The summed E-state index contributed by atoms with van der Waals surface area (Å²) in [6.45, 7) is 12.9. The molecule has 2 atom stereocenters. The highest BCUT2D eigenvalue weighted by atomic mass is 16.5. The highest BCUT2D eigenvalue weighted by molar-refractivity contribution is 5.78. The molecule has 0 spiro atoms. The zero-order valence-electron chi connectivity index (χ0n) is 13.7. The largest absolute Gasteiger partial charge is 0.379 e. The van der Waals surface area contributed by atoms with Crippen LogP contribution in [0.4, 0.5) is 0 Å². The fourth-order valence-electron chi connectivity index (χ4n) is 3.11. The van der Waals surface area contributed by atoms with Crippen molar-refractivity contribution in [3.05, 3.63) is 0 Å². The van der Waals surface area contributed by atoms with E-state index in [1.54, 1.807) is 0 Å². The lowest BCUT2D eigenvalue weighted by Crippen LogP contribution is -2.52. The summed E-state index contributed by atoms with van der Waals surface area (Å²) in [4.78, 5) is 14.7. The van der Waals surface area contributed by atoms with E-state index in [0.29, 0.717) is 17.9 Å². The van der Waals surface area contributed by atoms with Crippen molar-refractivity contribution in [3.8, 4) is 0 Å². The van der Waals surface area contributed by atoms with Crippen LogP contribution in [-0.2, 0) is 9.53 Å². The molecule has 2 N–H and O–H groups in total. The van der Waals surface area contributed by atoms with Crippen LogP contribution in [0.25, 0.3) is 0 Å². The zero-order valence-corrected chi connectivity index (χ0v) is 13.7. The summed E-state index contributed by atoms with van der Waals surface area (Å²) in [6, 6.07) is 0.435. The van der Waals surface area contributed by atoms with Gasteiger partial charge in [0.2, 0.25) is 5.91 Å². The number of carbonyl (C=O) groups excluding carboxylic acids is 1. The molecule has 122 valence electrons. The van der Waals surface area contributed by atoms with Crippen LogP contribution in [0.1, 0.15) is 27.2 Å². The molecule has 0 aliphatic carbocycles. The van der Waals surface area contributed by atoms with E-state index in [2.05, 4.69) is 29.4 Å². The minimum atomic E-state index is 0.121. The van der Waals surface area contributed by atoms with Crippen molar-refractivity contribution >= 4 is 5.91 Å². The van der Waals surface area contributed by atoms with Crippen LogP contribution in [0.3, 0.4) is 0 Å². The number of carbonyl (C=O) groups is 1. The van der Waals surface area contributed by atoms with Crippen molar-refractivity contribution in [1.29, 1.82) is 0 Å². The smallest absolute Gasteiger partial charge is 0.223 e. The summed E-state index contributed by atoms with van der Waals surface area (Å²) in [6.07, 6.45) is 1.12. The third kappa shape index (κ3) is 4.94. The minimum Gasteiger partial charge on any atom is -0.379 e. The topological polar surface area (TPSA) is 53.6 Å². The fourth-order valence-corrected chi connectivity index (χ4v) is 3.11. The van der Waals surface area contributed by atoms with Crippen molar-refractivity contribution in [2.75, 3.05) is 45.9 Å². The Balaban J connectivity index is 1.81. The van der Waals surface area contributed by atoms with E-state index in [0.717, 1.165) is 52.4 Å². The molecule has 2 fully saturated rings. The van der Waals surface area contributed by atoms with Crippen molar-refractivity contribution in [2.24, 2.45) is 17.8 Å². The summed E-state index contributed by atoms with van der Waals surface area (Å²) in [5, 5.41) is 6.42. The minimum absolute atomic E-state index is 0.121. The third-order valence-electron chi connectivity index (χ3n) is 4.75. The number of nitrogens with zero attached hydrogens (tertiary/aromatic N) is 1. The van der Waals surface area contributed by atoms with Gasteiger partial charge in [-0.1, -0.05) is 20.8 Å². The van der Waals surface area contributed by atoms with E-state index >= 15 is 0 Å². The van der Waals surface area contributed by atoms with Gasteiger partial charge in [0.25, 0.3) is 0 Å². The lowest BCUT2D eigenvalue weighted by Gasteiger charge is -2.36. The SMILES string of the molecule is CC(C)CC(CNC(=O)C(C)C1CNC1)N1CCOCC1. The first kappa shape index (κ1) is 16.7. The maximum absolute atomic E-state index is 12.3. The second-order valence-corrected chi connectivity index (χ2v) is 6.88. The second kappa shape index (κ2) is 8.11. The number of ether oxygens (including phenoxy) is 1. The Morgan fingerprint density at radius 2 is 1.95 bits per heavy atom. The van der Waals surface area contributed by atoms with E-state index in [-0.39, 0.29) is 11.8 Å². The van der Waals surface area contributed by atoms with Gasteiger partial charge in [-0.15, -0.1) is 0 Å². The van der Waals surface area contributed by atoms with Gasteiger partial charge in [-0.3, -0.25) is 9.69 Å². The number of hydrogen-bond acceptors (Lipinski definition) is 4. The van der Waals surface area contributed by atoms with Crippen LogP contribution in [0.15, 0.2) is 0 Å². The first-order chi connectivity index (χ1) is 10.1. The van der Waals surface area contributed by atoms with E-state index in [4.69, 9.17) is 4.74 Å². The predicted molar refractivity (Wildman–Crippen MR) is 84.2 cm³/mol. The molecule has 2 rings (SSSR count). The first-order valence-electron chi connectivity index (χ1n) is 8.38. The summed E-state index contributed by atoms with van der Waals surface area (Å²) in [5.74, 6) is 1.49. The van der Waals surface area contributed by atoms with Crippen molar-refractivity contribution in [2.45, 2.75) is 33.2 Å². The summed E-state index contributed by atoms with van der Waals surface area (Å²) < 4.78 is 5.44. The highest BCUT2D eigenvalue weighted by Crippen LogP contribution is 2.17. The Hall–Kier alpha value is -0.650. The van der Waals surface area contributed by atoms with Gasteiger partial charge in [-0.25, -0.2) is 0 Å². The van der Waals surface area contributed by atoms with Gasteiger partial charge in [0, 0.05) is 31.6 Å². The van der Waals surface area contributed by atoms with Gasteiger partial charge >= 0.3 is 0 Å². The Kier molecular flexibility index (Phi) is 6.45. The predicted octanol–water partition coefficient (Wildman–Crippen LogP) is 0.705. The van der Waals surface area contributed by atoms with Crippen LogP contribution in [-0.4, -0.2) is 62.8 Å². The summed E-state index contributed by atoms with van der Waals surface area (Å²) in [5.41, 5.74) is 0. The Labute approximate surface area is 128 Å². The van der Waals surface area contributed by atoms with Crippen LogP contribution in [0.2, 0.25) is 0 Å². The molecule has 21 heavy (non-hydrogen) atoms. The highest BCUT2D eigenvalue weighted by Gasteiger charge is 2.29. The molecular formula is C16H31N3O2. The monoisotopic (exact) mass is 297 g/mol. The quantitative estimate of drug-likeness (QED) is 0.726. The van der Waals surface area contributed by atoms with Gasteiger partial charge in [0.1, 0.15) is 0 Å². The molecule has 2 unspecified atom stereocenters. The molecule has 2 heterocycles. The molecule has 5 heteroatoms. The fraction of sp³-hybridized carbons (Fsp3) is 0.938. The average Bonchev–Trinajstić information content (AvgIpc) is 2.41. The molecule has 0 aromatic rings. The summed E-state index contributed by atoms with van der Waals surface area (Å²) >= 11 is 0. The van der Waals surface area contributed by atoms with Gasteiger partial charge in [-0.05, 0) is 31.3 Å². The van der Waals surface area contributed by atoms with E-state index in [1.165, 1.54) is 0 Å². The molecule has 0 saturated carbocycles. The van der Waals surface area contributed by atoms with Gasteiger partial charge in [0.15, 0.2) is 0 Å². The molecular weight excluding hydrogens is 266 g/mol. The molecule has 2 aliphatic rings. The molecule has 1 amide bonds. The number of rotatable bonds is 7. The number of nitrogens with one attached hydrogen (secondary N) is 2. The third-order valence-corrected chi connectivity index (χ3v) is 4.75. The average molecular weight is 297 g/mol. The van der Waals surface area contributed by atoms with Gasteiger partial charge in [-0.2, -0.15) is 0 Å². The van der Waals surface area contributed by atoms with Crippen LogP contribution in [0, 0.1) is 17.8 Å². The lowest BCUT2D eigenvalue weighted by atomic mass is 9.88. The molecule has 0 aromatic heterocycles. The van der Waals surface area contributed by atoms with Gasteiger partial charge < -0.3 is 15.4 Å². The Morgan fingerprint density at radius 1 is 1.29 bits per heavy atom. The van der Waals surface area contributed by atoms with E-state index in [1.807, 2.05) is 6.92 Å². The van der Waals surface area contributed by atoms with Crippen molar-refractivity contribution in [3.63, 3.8) is 0 Å². The standard InChI is InChI=1S/C16H31N3O2/c1-12(2)8-15(19-4-6-21-7-5-19)11-18-16(20)13(3)14-9-17-10-14/h12-15,17H,4-11H2,1-3H3,(H,18,20). The Morgan fingerprint density at radius 3 is 2.48 bits per heavy atom. The molecule has 2 aliphatic heterocycles. The van der Waals surface area contributed by atoms with Crippen LogP contribution in [0.5, 0.6) is 0 Å². The van der Waals surface area contributed by atoms with Crippen LogP contribution >= 0.6 is 0 Å². The number of hydrogen-bond donors (Lipinski definition) is 2. The number of morpholine rings is 1. The second-order valence-electron chi connectivity index (χ2n) is 6.88. The normalized spacial score (nSPS) is 23.6. The molecule has 0 aromatic carbocycles. The van der Waals surface area contributed by atoms with E-state index in [9.17, 15) is 4.79 Å². The number of amides is 1. The lowest BCUT2D eigenvalue weighted by molar-refractivity contribution is -0.127. The van der Waals surface area contributed by atoms with E-state index < -0.39 is 0 Å². The van der Waals surface area contributed by atoms with Crippen molar-refractivity contribution in [1.82, 2.24) is 15.5 Å². The maximum atomic E-state index is 12.3. The molecule has 5 nitrogen and oxygen atoms in total.